The molecule has 0 aliphatic heterocycles. The van der Waals surface area contributed by atoms with Crippen LogP contribution >= 0.6 is 0 Å². The molecule has 2 aromatic rings. The van der Waals surface area contributed by atoms with Gasteiger partial charge < -0.3 is 4.98 Å². The minimum absolute atomic E-state index is 0. The van der Waals surface area contributed by atoms with Crippen LogP contribution < -0.4 is 4.98 Å². The minimum Gasteiger partial charge on any atom is -0.332 e. The van der Waals surface area contributed by atoms with E-state index in [2.05, 4.69) is 87.4 Å². The molecular formula is C24H31Li2NSi. The molecule has 0 bridgehead atoms. The van der Waals surface area contributed by atoms with Gasteiger partial charge in [0, 0.05) is 48.8 Å². The summed E-state index contributed by atoms with van der Waals surface area (Å²) >= 11 is 0. The van der Waals surface area contributed by atoms with E-state index < -0.39 is 8.24 Å². The third kappa shape index (κ3) is 4.65. The maximum absolute atomic E-state index is 4.01. The summed E-state index contributed by atoms with van der Waals surface area (Å²) in [5.41, 5.74) is 9.70. The first-order valence-corrected chi connectivity index (χ1v) is 13.0. The number of hydrogen-bond acceptors (Lipinski definition) is 1. The fourth-order valence-corrected chi connectivity index (χ4v) is 8.68. The van der Waals surface area contributed by atoms with Gasteiger partial charge in [0.2, 0.25) is 0 Å². The molecule has 1 unspecified atom stereocenters. The summed E-state index contributed by atoms with van der Waals surface area (Å²) in [6.07, 6.45) is 6.38. The molecule has 1 N–H and O–H groups in total. The van der Waals surface area contributed by atoms with Crippen LogP contribution in [0.4, 0.5) is 0 Å². The van der Waals surface area contributed by atoms with Crippen molar-refractivity contribution >= 4 is 51.5 Å². The molecule has 28 heavy (non-hydrogen) atoms. The molecule has 138 valence electrons. The van der Waals surface area contributed by atoms with E-state index in [4.69, 9.17) is 0 Å². The van der Waals surface area contributed by atoms with Crippen molar-refractivity contribution in [3.05, 3.63) is 76.4 Å². The van der Waals surface area contributed by atoms with Gasteiger partial charge in [0.15, 0.2) is 0 Å². The smallest absolute Gasteiger partial charge is 0.131 e. The number of aryl methyl sites for hydroxylation is 2. The second kappa shape index (κ2) is 8.73. The minimum atomic E-state index is -1.69. The average molecular weight is 375 g/mol. The number of nitrogens with one attached hydrogen (secondary N) is 1. The molecule has 0 saturated heterocycles. The van der Waals surface area contributed by atoms with Gasteiger partial charge in [0.25, 0.3) is 0 Å². The van der Waals surface area contributed by atoms with Gasteiger partial charge >= 0.3 is 0 Å². The van der Waals surface area contributed by atoms with E-state index in [1.165, 1.54) is 36.0 Å². The Morgan fingerprint density at radius 3 is 2.14 bits per heavy atom. The Labute approximate surface area is 196 Å². The summed E-state index contributed by atoms with van der Waals surface area (Å²) in [6, 6.07) is 16.0. The molecule has 2 radical (unpaired) electrons. The van der Waals surface area contributed by atoms with E-state index in [0.29, 0.717) is 5.54 Å². The fourth-order valence-electron chi connectivity index (χ4n) is 4.99. The summed E-state index contributed by atoms with van der Waals surface area (Å²) in [5, 5.41) is 0. The topological polar surface area (TPSA) is 12.0 Å². The second-order valence-electron chi connectivity index (χ2n) is 9.58. The number of fused-ring (bicyclic) bond motifs is 2. The van der Waals surface area contributed by atoms with Crippen LogP contribution in [0.3, 0.4) is 0 Å². The Kier molecular flexibility index (Phi) is 7.43. The molecule has 1 nitrogen and oxygen atoms in total. The summed E-state index contributed by atoms with van der Waals surface area (Å²) in [5.74, 6) is 0. The summed E-state index contributed by atoms with van der Waals surface area (Å²) in [7, 11) is -1.69. The molecule has 4 rings (SSSR count). The van der Waals surface area contributed by atoms with Crippen molar-refractivity contribution in [2.75, 3.05) is 0 Å². The third-order valence-electron chi connectivity index (χ3n) is 5.78. The van der Waals surface area contributed by atoms with Crippen molar-refractivity contribution < 1.29 is 0 Å². The fraction of sp³-hybridized carbons (Fsp3) is 0.417. The normalized spacial score (nSPS) is 17.9. The van der Waals surface area contributed by atoms with E-state index in [9.17, 15) is 0 Å². The molecule has 2 aliphatic rings. The maximum Gasteiger partial charge on any atom is 0.131 e. The van der Waals surface area contributed by atoms with E-state index in [-0.39, 0.29) is 43.3 Å². The van der Waals surface area contributed by atoms with Gasteiger partial charge in [0.1, 0.15) is 8.24 Å². The number of rotatable bonds is 3. The number of allylic oxidation sites excluding steroid dienone is 1. The monoisotopic (exact) mass is 375 g/mol. The van der Waals surface area contributed by atoms with Gasteiger partial charge in [-0.15, -0.1) is 0 Å². The zero-order valence-corrected chi connectivity index (χ0v) is 19.8. The SMILES string of the molecule is CC(C)(C)N[Si](C)(C)C1C=C(c2ccccc2)c2cc3c(cc21)CCC3.[Li].[Li]. The largest absolute Gasteiger partial charge is 0.332 e. The Balaban J connectivity index is 0.00000140. The standard InChI is InChI=1S/C24H31NSi.2Li/c1-24(2,3)25-26(4,5)23-16-20(17-10-7-6-8-11-17)21-14-18-12-9-13-19(18)15-22(21)23;;/h6-8,10-11,14-16,23,25H,9,12-13H2,1-5H3;;. The third-order valence-corrected chi connectivity index (χ3v) is 9.21. The van der Waals surface area contributed by atoms with Crippen LogP contribution in [0.25, 0.3) is 5.57 Å². The van der Waals surface area contributed by atoms with Crippen LogP contribution in [0.15, 0.2) is 48.5 Å². The van der Waals surface area contributed by atoms with E-state index in [0.717, 1.165) is 0 Å². The Hall–Kier alpha value is -0.448. The Bertz CT molecular complexity index is 866. The van der Waals surface area contributed by atoms with E-state index >= 15 is 0 Å². The molecule has 0 amide bonds. The molecule has 2 aliphatic carbocycles. The Morgan fingerprint density at radius 1 is 0.929 bits per heavy atom. The van der Waals surface area contributed by atoms with Crippen LogP contribution in [0.5, 0.6) is 0 Å². The molecule has 4 heteroatoms. The summed E-state index contributed by atoms with van der Waals surface area (Å²) < 4.78 is 0. The quantitative estimate of drug-likeness (QED) is 0.738. The first kappa shape index (κ1) is 23.8. The zero-order valence-electron chi connectivity index (χ0n) is 18.8. The maximum atomic E-state index is 4.01. The number of hydrogen-bond donors (Lipinski definition) is 1. The van der Waals surface area contributed by atoms with Crippen LogP contribution in [0, 0.1) is 0 Å². The van der Waals surface area contributed by atoms with Crippen LogP contribution in [0.2, 0.25) is 13.1 Å². The average Bonchev–Trinajstić information content (AvgIpc) is 3.15. The second-order valence-corrected chi connectivity index (χ2v) is 13.9. The molecule has 1 atom stereocenters. The van der Waals surface area contributed by atoms with Crippen molar-refractivity contribution in [2.24, 2.45) is 0 Å². The van der Waals surface area contributed by atoms with Crippen LogP contribution in [-0.2, 0) is 12.8 Å². The molecule has 2 aromatic carbocycles. The molecule has 0 aromatic heterocycles. The van der Waals surface area contributed by atoms with Gasteiger partial charge in [-0.1, -0.05) is 61.6 Å². The molecule has 0 heterocycles. The predicted molar refractivity (Wildman–Crippen MR) is 127 cm³/mol. The van der Waals surface area contributed by atoms with Crippen molar-refractivity contribution in [1.29, 1.82) is 0 Å². The van der Waals surface area contributed by atoms with Crippen molar-refractivity contribution in [1.82, 2.24) is 4.98 Å². The van der Waals surface area contributed by atoms with E-state index in [1.54, 1.807) is 16.7 Å². The Morgan fingerprint density at radius 2 is 1.54 bits per heavy atom. The van der Waals surface area contributed by atoms with Crippen LogP contribution in [-0.4, -0.2) is 51.5 Å². The van der Waals surface area contributed by atoms with Crippen LogP contribution in [0.1, 0.15) is 60.6 Å². The first-order valence-electron chi connectivity index (χ1n) is 9.97. The van der Waals surface area contributed by atoms with Gasteiger partial charge in [0.05, 0.1) is 0 Å². The number of benzene rings is 2. The molecular weight excluding hydrogens is 344 g/mol. The van der Waals surface area contributed by atoms with Gasteiger partial charge in [-0.25, -0.2) is 0 Å². The van der Waals surface area contributed by atoms with Gasteiger partial charge in [-0.05, 0) is 73.4 Å². The van der Waals surface area contributed by atoms with E-state index in [1.807, 2.05) is 0 Å². The molecule has 0 saturated carbocycles. The zero-order chi connectivity index (χ0) is 18.5. The van der Waals surface area contributed by atoms with Crippen molar-refractivity contribution in [3.63, 3.8) is 0 Å². The summed E-state index contributed by atoms with van der Waals surface area (Å²) in [6.45, 7) is 11.9. The summed E-state index contributed by atoms with van der Waals surface area (Å²) in [4.78, 5) is 4.01. The first-order chi connectivity index (χ1) is 12.2. The molecule has 0 fully saturated rings. The molecule has 0 spiro atoms. The van der Waals surface area contributed by atoms with Crippen molar-refractivity contribution in [3.8, 4) is 0 Å². The van der Waals surface area contributed by atoms with Gasteiger partial charge in [-0.2, -0.15) is 0 Å². The predicted octanol–water partition coefficient (Wildman–Crippen LogP) is 5.08. The van der Waals surface area contributed by atoms with Crippen molar-refractivity contribution in [2.45, 2.75) is 64.2 Å². The van der Waals surface area contributed by atoms with Gasteiger partial charge in [-0.3, -0.25) is 0 Å².